The minimum atomic E-state index is -0.471. The van der Waals surface area contributed by atoms with Crippen LogP contribution in [0.1, 0.15) is 31.7 Å². The normalized spacial score (nSPS) is 26.5. The lowest BCUT2D eigenvalue weighted by atomic mass is 9.74. The molecule has 2 aliphatic rings. The summed E-state index contributed by atoms with van der Waals surface area (Å²) in [5.74, 6) is -0.0197. The van der Waals surface area contributed by atoms with Gasteiger partial charge < -0.3 is 14.7 Å². The Labute approximate surface area is 149 Å². The molecule has 1 atom stereocenters. The van der Waals surface area contributed by atoms with E-state index < -0.39 is 5.54 Å². The maximum atomic E-state index is 12.4. The van der Waals surface area contributed by atoms with Gasteiger partial charge in [-0.05, 0) is 44.7 Å². The fourth-order valence-electron chi connectivity index (χ4n) is 4.55. The maximum absolute atomic E-state index is 12.4. The summed E-state index contributed by atoms with van der Waals surface area (Å²) in [6, 6.07) is 0. The number of ether oxygens (including phenoxy) is 1. The molecule has 7 nitrogen and oxygen atoms in total. The molecule has 0 aromatic carbocycles. The van der Waals surface area contributed by atoms with Crippen LogP contribution in [0.4, 0.5) is 0 Å². The Morgan fingerprint density at radius 1 is 1.40 bits per heavy atom. The van der Waals surface area contributed by atoms with Crippen molar-refractivity contribution in [2.24, 2.45) is 12.5 Å². The van der Waals surface area contributed by atoms with Crippen molar-refractivity contribution in [3.05, 3.63) is 18.0 Å². The van der Waals surface area contributed by atoms with E-state index in [4.69, 9.17) is 4.74 Å². The van der Waals surface area contributed by atoms with E-state index in [1.165, 1.54) is 12.7 Å². The third kappa shape index (κ3) is 3.73. The summed E-state index contributed by atoms with van der Waals surface area (Å²) in [4.78, 5) is 16.7. The molecule has 1 unspecified atom stereocenters. The molecule has 1 N–H and O–H groups in total. The highest BCUT2D eigenvalue weighted by atomic mass is 16.5. The lowest BCUT2D eigenvalue weighted by molar-refractivity contribution is -0.140. The molecular weight excluding hydrogens is 320 g/mol. The maximum Gasteiger partial charge on any atom is 0.249 e. The van der Waals surface area contributed by atoms with Gasteiger partial charge in [-0.2, -0.15) is 5.10 Å². The number of hydrogen-bond donors (Lipinski definition) is 1. The van der Waals surface area contributed by atoms with Crippen LogP contribution in [0.15, 0.2) is 12.4 Å². The van der Waals surface area contributed by atoms with Crippen molar-refractivity contribution in [2.45, 2.75) is 38.3 Å². The van der Waals surface area contributed by atoms with Crippen LogP contribution in [-0.2, 0) is 23.1 Å². The molecule has 1 spiro atoms. The Morgan fingerprint density at radius 2 is 2.12 bits per heavy atom. The summed E-state index contributed by atoms with van der Waals surface area (Å²) in [7, 11) is 3.48. The first-order valence-corrected chi connectivity index (χ1v) is 9.00. The van der Waals surface area contributed by atoms with E-state index >= 15 is 0 Å². The molecule has 2 saturated heterocycles. The van der Waals surface area contributed by atoms with Crippen molar-refractivity contribution in [1.29, 1.82) is 0 Å². The SMILES string of the molecule is COCC(=O)N1CC2(CCN(Cc3cnn(C)c3)CC2)CC1(C)CO. The molecular formula is C18H30N4O3. The topological polar surface area (TPSA) is 70.8 Å². The van der Waals surface area contributed by atoms with Gasteiger partial charge in [-0.1, -0.05) is 0 Å². The van der Waals surface area contributed by atoms with Crippen LogP contribution >= 0.6 is 0 Å². The first-order valence-electron chi connectivity index (χ1n) is 9.00. The monoisotopic (exact) mass is 350 g/mol. The van der Waals surface area contributed by atoms with Gasteiger partial charge in [0.2, 0.25) is 5.91 Å². The van der Waals surface area contributed by atoms with Gasteiger partial charge in [-0.15, -0.1) is 0 Å². The van der Waals surface area contributed by atoms with Gasteiger partial charge in [0.1, 0.15) is 6.61 Å². The fourth-order valence-corrected chi connectivity index (χ4v) is 4.55. The average molecular weight is 350 g/mol. The number of hydrogen-bond acceptors (Lipinski definition) is 5. The number of rotatable bonds is 5. The van der Waals surface area contributed by atoms with E-state index in [0.717, 1.165) is 45.4 Å². The second kappa shape index (κ2) is 7.05. The molecule has 0 saturated carbocycles. The van der Waals surface area contributed by atoms with Gasteiger partial charge in [0.15, 0.2) is 0 Å². The molecule has 2 aliphatic heterocycles. The Bertz CT molecular complexity index is 609. The van der Waals surface area contributed by atoms with E-state index in [0.29, 0.717) is 0 Å². The predicted octanol–water partition coefficient (Wildman–Crippen LogP) is 0.632. The fraction of sp³-hybridized carbons (Fsp3) is 0.778. The molecule has 1 aromatic rings. The Kier molecular flexibility index (Phi) is 5.18. The molecule has 1 amide bonds. The standard InChI is InChI=1S/C18H30N4O3/c1-17(14-23)12-18(13-22(17)16(24)11-25-3)4-6-21(7-5-18)10-15-8-19-20(2)9-15/h8-9,23H,4-7,10-14H2,1-3H3. The average Bonchev–Trinajstić information content (AvgIpc) is 3.12. The lowest BCUT2D eigenvalue weighted by Gasteiger charge is -2.39. The van der Waals surface area contributed by atoms with Gasteiger partial charge in [-0.25, -0.2) is 0 Å². The number of aliphatic hydroxyl groups is 1. The van der Waals surface area contributed by atoms with Crippen LogP contribution in [0, 0.1) is 5.41 Å². The van der Waals surface area contributed by atoms with Gasteiger partial charge in [0, 0.05) is 39.0 Å². The number of aromatic nitrogens is 2. The molecule has 140 valence electrons. The summed E-state index contributed by atoms with van der Waals surface area (Å²) in [6.07, 6.45) is 6.97. The summed E-state index contributed by atoms with van der Waals surface area (Å²) in [6.45, 7) is 5.77. The number of aryl methyl sites for hydroxylation is 1. The number of carbonyl (C=O) groups excluding carboxylic acids is 1. The third-order valence-electron chi connectivity index (χ3n) is 5.89. The van der Waals surface area contributed by atoms with Crippen LogP contribution in [0.5, 0.6) is 0 Å². The zero-order valence-corrected chi connectivity index (χ0v) is 15.6. The Balaban J connectivity index is 1.63. The zero-order valence-electron chi connectivity index (χ0n) is 15.6. The summed E-state index contributed by atoms with van der Waals surface area (Å²) in [5.41, 5.74) is 0.884. The minimum absolute atomic E-state index is 0.00357. The number of carbonyl (C=O) groups is 1. The first-order chi connectivity index (χ1) is 11.9. The molecule has 2 fully saturated rings. The van der Waals surface area contributed by atoms with Crippen LogP contribution in [0.2, 0.25) is 0 Å². The lowest BCUT2D eigenvalue weighted by Crippen LogP contribution is -2.49. The smallest absolute Gasteiger partial charge is 0.249 e. The summed E-state index contributed by atoms with van der Waals surface area (Å²) >= 11 is 0. The molecule has 0 aliphatic carbocycles. The molecule has 3 rings (SSSR count). The second-order valence-corrected chi connectivity index (χ2v) is 8.04. The number of methoxy groups -OCH3 is 1. The number of likely N-dealkylation sites (tertiary alicyclic amines) is 2. The van der Waals surface area contributed by atoms with Crippen molar-refractivity contribution < 1.29 is 14.6 Å². The molecule has 1 aromatic heterocycles. The van der Waals surface area contributed by atoms with E-state index in [9.17, 15) is 9.90 Å². The highest BCUT2D eigenvalue weighted by molar-refractivity contribution is 5.78. The molecule has 7 heteroatoms. The van der Waals surface area contributed by atoms with Gasteiger partial charge in [0.25, 0.3) is 0 Å². The Hall–Kier alpha value is -1.44. The van der Waals surface area contributed by atoms with Gasteiger partial charge >= 0.3 is 0 Å². The van der Waals surface area contributed by atoms with E-state index in [2.05, 4.69) is 16.2 Å². The first kappa shape index (κ1) is 18.4. The molecule has 0 radical (unpaired) electrons. The molecule has 0 bridgehead atoms. The van der Waals surface area contributed by atoms with E-state index in [1.807, 2.05) is 29.7 Å². The van der Waals surface area contributed by atoms with Crippen molar-refractivity contribution >= 4 is 5.91 Å². The van der Waals surface area contributed by atoms with Crippen LogP contribution < -0.4 is 0 Å². The quantitative estimate of drug-likeness (QED) is 0.844. The van der Waals surface area contributed by atoms with Crippen molar-refractivity contribution in [3.8, 4) is 0 Å². The number of aliphatic hydroxyl groups excluding tert-OH is 1. The van der Waals surface area contributed by atoms with E-state index in [1.54, 1.807) is 0 Å². The largest absolute Gasteiger partial charge is 0.394 e. The highest BCUT2D eigenvalue weighted by Crippen LogP contribution is 2.48. The van der Waals surface area contributed by atoms with Gasteiger partial charge in [0.05, 0.1) is 18.3 Å². The molecule has 3 heterocycles. The van der Waals surface area contributed by atoms with Crippen molar-refractivity contribution in [3.63, 3.8) is 0 Å². The summed E-state index contributed by atoms with van der Waals surface area (Å²) in [5, 5.41) is 14.2. The van der Waals surface area contributed by atoms with Crippen LogP contribution in [0.25, 0.3) is 0 Å². The molecule has 25 heavy (non-hydrogen) atoms. The number of amides is 1. The summed E-state index contributed by atoms with van der Waals surface area (Å²) < 4.78 is 6.86. The predicted molar refractivity (Wildman–Crippen MR) is 93.8 cm³/mol. The van der Waals surface area contributed by atoms with Crippen LogP contribution in [-0.4, -0.2) is 76.1 Å². The van der Waals surface area contributed by atoms with Crippen molar-refractivity contribution in [2.75, 3.05) is 40.0 Å². The number of piperidine rings is 1. The van der Waals surface area contributed by atoms with Crippen LogP contribution in [0.3, 0.4) is 0 Å². The minimum Gasteiger partial charge on any atom is -0.394 e. The van der Waals surface area contributed by atoms with E-state index in [-0.39, 0.29) is 24.5 Å². The zero-order chi connectivity index (χ0) is 18.1. The second-order valence-electron chi connectivity index (χ2n) is 8.04. The van der Waals surface area contributed by atoms with Gasteiger partial charge in [-0.3, -0.25) is 14.4 Å². The van der Waals surface area contributed by atoms with Crippen molar-refractivity contribution in [1.82, 2.24) is 19.6 Å². The number of nitrogens with zero attached hydrogens (tertiary/aromatic N) is 4. The third-order valence-corrected chi connectivity index (χ3v) is 5.89. The Morgan fingerprint density at radius 3 is 2.68 bits per heavy atom. The highest BCUT2D eigenvalue weighted by Gasteiger charge is 2.52.